The lowest BCUT2D eigenvalue weighted by Gasteiger charge is -2.18. The van der Waals surface area contributed by atoms with Crippen molar-refractivity contribution in [2.75, 3.05) is 39.8 Å². The molecule has 1 amide bonds. The highest BCUT2D eigenvalue weighted by atomic mass is 127. The summed E-state index contributed by atoms with van der Waals surface area (Å²) in [4.78, 5) is 18.6. The number of aliphatic imine (C=N–C) groups is 1. The van der Waals surface area contributed by atoms with E-state index in [0.717, 1.165) is 37.8 Å². The molecule has 1 unspecified atom stereocenters. The quantitative estimate of drug-likeness (QED) is 0.224. The molecule has 2 aromatic rings. The van der Waals surface area contributed by atoms with Gasteiger partial charge < -0.3 is 20.3 Å². The van der Waals surface area contributed by atoms with E-state index in [0.29, 0.717) is 25.5 Å². The van der Waals surface area contributed by atoms with Gasteiger partial charge in [0.2, 0.25) is 5.91 Å². The van der Waals surface area contributed by atoms with Crippen molar-refractivity contribution < 1.29 is 9.53 Å². The first-order valence-corrected chi connectivity index (χ1v) is 10.6. The van der Waals surface area contributed by atoms with Gasteiger partial charge in [-0.15, -0.1) is 24.0 Å². The van der Waals surface area contributed by atoms with Crippen molar-refractivity contribution in [3.05, 3.63) is 65.7 Å². The number of benzene rings is 2. The first-order valence-electron chi connectivity index (χ1n) is 10.6. The Bertz CT molecular complexity index is 827. The minimum atomic E-state index is 0. The molecule has 6 nitrogen and oxygen atoms in total. The second-order valence-corrected chi connectivity index (χ2v) is 7.69. The number of halogens is 1. The fourth-order valence-electron chi connectivity index (χ4n) is 3.55. The average molecular weight is 536 g/mol. The van der Waals surface area contributed by atoms with Crippen LogP contribution in [0.1, 0.15) is 17.5 Å². The van der Waals surface area contributed by atoms with Crippen LogP contribution in [0.5, 0.6) is 5.75 Å². The van der Waals surface area contributed by atoms with Crippen LogP contribution in [0.4, 0.5) is 0 Å². The van der Waals surface area contributed by atoms with Gasteiger partial charge >= 0.3 is 0 Å². The number of carbonyl (C=O) groups is 1. The van der Waals surface area contributed by atoms with Crippen molar-refractivity contribution in [2.24, 2.45) is 10.9 Å². The van der Waals surface area contributed by atoms with E-state index >= 15 is 0 Å². The fraction of sp³-hybridized carbons (Fsp3) is 0.417. The molecule has 0 radical (unpaired) electrons. The Morgan fingerprint density at radius 3 is 2.58 bits per heavy atom. The lowest BCUT2D eigenvalue weighted by Crippen LogP contribution is -2.41. The van der Waals surface area contributed by atoms with E-state index in [1.165, 1.54) is 11.1 Å². The minimum Gasteiger partial charge on any atom is -0.492 e. The highest BCUT2D eigenvalue weighted by molar-refractivity contribution is 14.0. The second kappa shape index (κ2) is 13.2. The summed E-state index contributed by atoms with van der Waals surface area (Å²) in [6.45, 7) is 5.57. The van der Waals surface area contributed by atoms with Crippen LogP contribution in [0.25, 0.3) is 0 Å². The zero-order chi connectivity index (χ0) is 21.2. The molecule has 31 heavy (non-hydrogen) atoms. The molecule has 1 aliphatic heterocycles. The van der Waals surface area contributed by atoms with Gasteiger partial charge in [0.25, 0.3) is 0 Å². The van der Waals surface area contributed by atoms with Crippen molar-refractivity contribution in [3.8, 4) is 5.75 Å². The highest BCUT2D eigenvalue weighted by Crippen LogP contribution is 2.17. The Morgan fingerprint density at radius 2 is 1.87 bits per heavy atom. The maximum atomic E-state index is 12.3. The third kappa shape index (κ3) is 8.40. The molecule has 1 heterocycles. The predicted octanol–water partition coefficient (Wildman–Crippen LogP) is 3.25. The molecule has 0 aliphatic carbocycles. The number of nitrogens with zero attached hydrogens (tertiary/aromatic N) is 2. The zero-order valence-corrected chi connectivity index (χ0v) is 20.7. The van der Waals surface area contributed by atoms with Gasteiger partial charge in [-0.05, 0) is 31.0 Å². The van der Waals surface area contributed by atoms with E-state index in [4.69, 9.17) is 4.74 Å². The number of likely N-dealkylation sites (tertiary alicyclic amines) is 1. The summed E-state index contributed by atoms with van der Waals surface area (Å²) in [7, 11) is 1.75. The smallest absolute Gasteiger partial charge is 0.223 e. The first-order chi connectivity index (χ1) is 14.6. The number of ether oxygens (including phenoxy) is 1. The molecule has 1 saturated heterocycles. The molecule has 1 aliphatic rings. The van der Waals surface area contributed by atoms with Crippen molar-refractivity contribution in [2.45, 2.75) is 19.8 Å². The Morgan fingerprint density at radius 1 is 1.13 bits per heavy atom. The van der Waals surface area contributed by atoms with Crippen LogP contribution >= 0.6 is 24.0 Å². The Kier molecular flexibility index (Phi) is 10.6. The van der Waals surface area contributed by atoms with E-state index in [2.05, 4.69) is 34.7 Å². The molecular weight excluding hydrogens is 503 g/mol. The van der Waals surface area contributed by atoms with Crippen molar-refractivity contribution in [1.82, 2.24) is 15.5 Å². The highest BCUT2D eigenvalue weighted by Gasteiger charge is 2.29. The molecule has 1 fully saturated rings. The van der Waals surface area contributed by atoms with Crippen molar-refractivity contribution in [3.63, 3.8) is 0 Å². The number of carbonyl (C=O) groups excluding carboxylic acids is 1. The SMILES string of the molecule is CN=C(NCCOc1ccc(C)cc1)NCC1CC(=O)N(CCc2ccccc2)C1.I. The van der Waals surface area contributed by atoms with E-state index in [9.17, 15) is 4.79 Å². The first kappa shape index (κ1) is 25.0. The standard InChI is InChI=1S/C24H32N4O2.HI/c1-19-8-10-22(11-9-19)30-15-13-26-24(25-2)27-17-21-16-23(29)28(18-21)14-12-20-6-4-3-5-7-20;/h3-11,21H,12-18H2,1-2H3,(H2,25,26,27);1H. The van der Waals surface area contributed by atoms with Crippen molar-refractivity contribution >= 4 is 35.8 Å². The summed E-state index contributed by atoms with van der Waals surface area (Å²) in [5, 5.41) is 6.60. The molecule has 2 N–H and O–H groups in total. The summed E-state index contributed by atoms with van der Waals surface area (Å²) < 4.78 is 5.73. The van der Waals surface area contributed by atoms with Gasteiger partial charge in [0, 0.05) is 39.0 Å². The van der Waals surface area contributed by atoms with Crippen LogP contribution < -0.4 is 15.4 Å². The Labute approximate surface area is 202 Å². The molecule has 7 heteroatoms. The third-order valence-electron chi connectivity index (χ3n) is 5.27. The van der Waals surface area contributed by atoms with Crippen LogP contribution in [0.3, 0.4) is 0 Å². The number of guanidine groups is 1. The normalized spacial score (nSPS) is 16.1. The summed E-state index contributed by atoms with van der Waals surface area (Å²) >= 11 is 0. The van der Waals surface area contributed by atoms with Gasteiger partial charge in [-0.1, -0.05) is 48.0 Å². The number of nitrogens with one attached hydrogen (secondary N) is 2. The van der Waals surface area contributed by atoms with Gasteiger partial charge in [-0.25, -0.2) is 0 Å². The molecule has 3 rings (SSSR count). The van der Waals surface area contributed by atoms with Gasteiger partial charge in [0.15, 0.2) is 5.96 Å². The van der Waals surface area contributed by atoms with Gasteiger partial charge in [-0.3, -0.25) is 9.79 Å². The molecule has 0 saturated carbocycles. The van der Waals surface area contributed by atoms with E-state index in [-0.39, 0.29) is 29.9 Å². The monoisotopic (exact) mass is 536 g/mol. The molecule has 2 aromatic carbocycles. The lowest BCUT2D eigenvalue weighted by molar-refractivity contribution is -0.127. The number of aryl methyl sites for hydroxylation is 1. The average Bonchev–Trinajstić information content (AvgIpc) is 3.13. The topological polar surface area (TPSA) is 66.0 Å². The van der Waals surface area contributed by atoms with Crippen LogP contribution in [0.15, 0.2) is 59.6 Å². The molecule has 0 spiro atoms. The van der Waals surface area contributed by atoms with E-state index in [1.54, 1.807) is 7.05 Å². The van der Waals surface area contributed by atoms with Gasteiger partial charge in [0.05, 0.1) is 6.54 Å². The number of hydrogen-bond donors (Lipinski definition) is 2. The van der Waals surface area contributed by atoms with Crippen LogP contribution in [-0.2, 0) is 11.2 Å². The van der Waals surface area contributed by atoms with Gasteiger partial charge in [0.1, 0.15) is 12.4 Å². The molecular formula is C24H33IN4O2. The van der Waals surface area contributed by atoms with Gasteiger partial charge in [-0.2, -0.15) is 0 Å². The van der Waals surface area contributed by atoms with E-state index in [1.807, 2.05) is 47.4 Å². The van der Waals surface area contributed by atoms with Crippen molar-refractivity contribution in [1.29, 1.82) is 0 Å². The summed E-state index contributed by atoms with van der Waals surface area (Å²) in [6, 6.07) is 18.3. The van der Waals surface area contributed by atoms with Crippen LogP contribution in [0.2, 0.25) is 0 Å². The second-order valence-electron chi connectivity index (χ2n) is 7.69. The summed E-state index contributed by atoms with van der Waals surface area (Å²) in [5.41, 5.74) is 2.48. The van der Waals surface area contributed by atoms with E-state index < -0.39 is 0 Å². The minimum absolute atomic E-state index is 0. The fourth-order valence-corrected chi connectivity index (χ4v) is 3.55. The molecule has 0 bridgehead atoms. The Balaban J connectivity index is 0.00000341. The lowest BCUT2D eigenvalue weighted by atomic mass is 10.1. The van der Waals surface area contributed by atoms with Crippen LogP contribution in [-0.4, -0.2) is 56.6 Å². The zero-order valence-electron chi connectivity index (χ0n) is 18.3. The maximum absolute atomic E-state index is 12.3. The van der Waals surface area contributed by atoms with Crippen LogP contribution in [0, 0.1) is 12.8 Å². The maximum Gasteiger partial charge on any atom is 0.223 e. The summed E-state index contributed by atoms with van der Waals surface area (Å²) in [5.74, 6) is 2.14. The molecule has 1 atom stereocenters. The number of rotatable bonds is 9. The molecule has 168 valence electrons. The molecule has 0 aromatic heterocycles. The largest absolute Gasteiger partial charge is 0.492 e. The third-order valence-corrected chi connectivity index (χ3v) is 5.27. The summed E-state index contributed by atoms with van der Waals surface area (Å²) in [6.07, 6.45) is 1.49. The number of hydrogen-bond acceptors (Lipinski definition) is 3. The predicted molar refractivity (Wildman–Crippen MR) is 136 cm³/mol. The number of amides is 1. The Hall–Kier alpha value is -2.29.